The second-order valence-corrected chi connectivity index (χ2v) is 5.67. The monoisotopic (exact) mass is 325 g/mol. The maximum absolute atomic E-state index is 12.8. The van der Waals surface area contributed by atoms with Crippen molar-refractivity contribution in [3.05, 3.63) is 63.1 Å². The number of carbonyl (C=O) groups is 1. The van der Waals surface area contributed by atoms with Gasteiger partial charge in [-0.1, -0.05) is 12.1 Å². The molecule has 1 heterocycles. The molecule has 24 heavy (non-hydrogen) atoms. The van der Waals surface area contributed by atoms with Crippen LogP contribution in [0.4, 0.5) is 0 Å². The van der Waals surface area contributed by atoms with Crippen molar-refractivity contribution in [3.8, 4) is 11.5 Å². The van der Waals surface area contributed by atoms with Gasteiger partial charge in [0.05, 0.1) is 14.2 Å². The van der Waals surface area contributed by atoms with Crippen LogP contribution in [-0.2, 0) is 13.5 Å². The predicted molar refractivity (Wildman–Crippen MR) is 91.9 cm³/mol. The van der Waals surface area contributed by atoms with E-state index in [4.69, 9.17) is 9.47 Å². The van der Waals surface area contributed by atoms with E-state index in [0.717, 1.165) is 11.3 Å². The molecule has 0 amide bonds. The normalized spacial score (nSPS) is 15.3. The van der Waals surface area contributed by atoms with Gasteiger partial charge in [-0.05, 0) is 31.1 Å². The van der Waals surface area contributed by atoms with Gasteiger partial charge in [-0.3, -0.25) is 9.59 Å². The topological polar surface area (TPSA) is 57.5 Å². The molecule has 124 valence electrons. The van der Waals surface area contributed by atoms with Crippen LogP contribution in [0.3, 0.4) is 0 Å². The molecular weight excluding hydrogens is 306 g/mol. The molecule has 0 unspecified atom stereocenters. The maximum atomic E-state index is 12.8. The summed E-state index contributed by atoms with van der Waals surface area (Å²) in [6, 6.07) is 8.62. The molecule has 5 nitrogen and oxygen atoms in total. The van der Waals surface area contributed by atoms with Gasteiger partial charge in [0.2, 0.25) is 5.56 Å². The molecule has 0 radical (unpaired) electrons. The predicted octanol–water partition coefficient (Wildman–Crippen LogP) is 2.62. The Labute approximate surface area is 140 Å². The van der Waals surface area contributed by atoms with Gasteiger partial charge < -0.3 is 14.0 Å². The highest BCUT2D eigenvalue weighted by Crippen LogP contribution is 2.34. The second kappa shape index (κ2) is 6.35. The number of allylic oxidation sites excluding steroid dienone is 1. The lowest BCUT2D eigenvalue weighted by molar-refractivity contribution is 0.102. The van der Waals surface area contributed by atoms with Gasteiger partial charge in [-0.2, -0.15) is 0 Å². The van der Waals surface area contributed by atoms with E-state index in [0.29, 0.717) is 35.5 Å². The van der Waals surface area contributed by atoms with Crippen LogP contribution in [0, 0.1) is 0 Å². The summed E-state index contributed by atoms with van der Waals surface area (Å²) in [5.74, 6) is 1.18. The molecule has 1 aromatic carbocycles. The van der Waals surface area contributed by atoms with Crippen LogP contribution in [0.15, 0.2) is 40.7 Å². The fourth-order valence-corrected chi connectivity index (χ4v) is 3.08. The average molecular weight is 325 g/mol. The van der Waals surface area contributed by atoms with E-state index in [1.807, 2.05) is 24.3 Å². The number of nitrogens with zero attached hydrogens (tertiary/aromatic N) is 1. The molecule has 0 bridgehead atoms. The van der Waals surface area contributed by atoms with Crippen LogP contribution in [0.5, 0.6) is 11.5 Å². The quantitative estimate of drug-likeness (QED) is 0.814. The minimum atomic E-state index is -0.0940. The van der Waals surface area contributed by atoms with Gasteiger partial charge in [-0.25, -0.2) is 0 Å². The largest absolute Gasteiger partial charge is 0.493 e. The molecule has 0 aliphatic heterocycles. The second-order valence-electron chi connectivity index (χ2n) is 5.67. The summed E-state index contributed by atoms with van der Waals surface area (Å²) < 4.78 is 12.3. The number of rotatable bonds is 3. The maximum Gasteiger partial charge on any atom is 0.250 e. The number of hydrogen-bond acceptors (Lipinski definition) is 4. The van der Waals surface area contributed by atoms with Crippen LogP contribution in [0.1, 0.15) is 28.0 Å². The van der Waals surface area contributed by atoms with Crippen LogP contribution in [-0.4, -0.2) is 24.6 Å². The van der Waals surface area contributed by atoms with Crippen molar-refractivity contribution in [3.63, 3.8) is 0 Å². The third-order valence-corrected chi connectivity index (χ3v) is 4.37. The third-order valence-electron chi connectivity index (χ3n) is 4.37. The molecule has 5 heteroatoms. The summed E-state index contributed by atoms with van der Waals surface area (Å²) in [5, 5.41) is 0. The zero-order chi connectivity index (χ0) is 17.3. The number of methoxy groups -OCH3 is 2. The molecule has 0 N–H and O–H groups in total. The van der Waals surface area contributed by atoms with E-state index < -0.39 is 0 Å². The molecular formula is C19H19NO4. The summed E-state index contributed by atoms with van der Waals surface area (Å²) in [6.07, 6.45) is 3.09. The zero-order valence-electron chi connectivity index (χ0n) is 14.0. The van der Waals surface area contributed by atoms with Crippen molar-refractivity contribution in [1.29, 1.82) is 0 Å². The summed E-state index contributed by atoms with van der Waals surface area (Å²) in [4.78, 5) is 24.5. The van der Waals surface area contributed by atoms with Crippen LogP contribution in [0.2, 0.25) is 0 Å². The molecule has 2 aromatic rings. The number of benzene rings is 1. The van der Waals surface area contributed by atoms with Gasteiger partial charge in [0.15, 0.2) is 17.3 Å². The van der Waals surface area contributed by atoms with Crippen molar-refractivity contribution in [2.24, 2.45) is 7.05 Å². The average Bonchev–Trinajstić information content (AvgIpc) is 2.60. The van der Waals surface area contributed by atoms with Crippen molar-refractivity contribution in [2.45, 2.75) is 12.8 Å². The van der Waals surface area contributed by atoms with E-state index in [1.54, 1.807) is 31.9 Å². The summed E-state index contributed by atoms with van der Waals surface area (Å²) in [7, 11) is 4.86. The van der Waals surface area contributed by atoms with Crippen molar-refractivity contribution < 1.29 is 14.3 Å². The summed E-state index contributed by atoms with van der Waals surface area (Å²) >= 11 is 0. The SMILES string of the molecule is COc1cccc(C=C2CCc3c(ccc(=O)n3C)C2=O)c1OC. The first-order valence-electron chi connectivity index (χ1n) is 7.72. The van der Waals surface area contributed by atoms with Gasteiger partial charge in [0.25, 0.3) is 0 Å². The van der Waals surface area contributed by atoms with Crippen LogP contribution in [0.25, 0.3) is 6.08 Å². The van der Waals surface area contributed by atoms with E-state index in [1.165, 1.54) is 6.07 Å². The first-order valence-corrected chi connectivity index (χ1v) is 7.72. The highest BCUT2D eigenvalue weighted by molar-refractivity contribution is 6.13. The Hall–Kier alpha value is -2.82. The fourth-order valence-electron chi connectivity index (χ4n) is 3.08. The third kappa shape index (κ3) is 2.62. The van der Waals surface area contributed by atoms with E-state index >= 15 is 0 Å². The summed E-state index contributed by atoms with van der Waals surface area (Å²) in [6.45, 7) is 0. The van der Waals surface area contributed by atoms with E-state index in [2.05, 4.69) is 0 Å². The number of para-hydroxylation sites is 1. The minimum Gasteiger partial charge on any atom is -0.493 e. The Kier molecular flexibility index (Phi) is 4.25. The number of Topliss-reactive ketones (excluding diaryl/α,β-unsaturated/α-hetero) is 1. The number of pyridine rings is 1. The van der Waals surface area contributed by atoms with Crippen LogP contribution < -0.4 is 15.0 Å². The van der Waals surface area contributed by atoms with Gasteiger partial charge in [0.1, 0.15) is 0 Å². The number of carbonyl (C=O) groups excluding carboxylic acids is 1. The lowest BCUT2D eigenvalue weighted by atomic mass is 9.88. The van der Waals surface area contributed by atoms with Crippen molar-refractivity contribution in [2.75, 3.05) is 14.2 Å². The van der Waals surface area contributed by atoms with Gasteiger partial charge in [0, 0.05) is 35.5 Å². The number of ether oxygens (including phenoxy) is 2. The van der Waals surface area contributed by atoms with E-state index in [9.17, 15) is 9.59 Å². The molecule has 0 fully saturated rings. The smallest absolute Gasteiger partial charge is 0.250 e. The fraction of sp³-hybridized carbons (Fsp3) is 0.263. The first kappa shape index (κ1) is 16.1. The molecule has 1 aliphatic rings. The summed E-state index contributed by atoms with van der Waals surface area (Å²) in [5.41, 5.74) is 2.79. The molecule has 1 aliphatic carbocycles. The van der Waals surface area contributed by atoms with Crippen LogP contribution >= 0.6 is 0 Å². The van der Waals surface area contributed by atoms with Gasteiger partial charge >= 0.3 is 0 Å². The lowest BCUT2D eigenvalue weighted by Gasteiger charge is -2.20. The Bertz CT molecular complexity index is 893. The highest BCUT2D eigenvalue weighted by Gasteiger charge is 2.24. The Morgan fingerprint density at radius 1 is 1.04 bits per heavy atom. The lowest BCUT2D eigenvalue weighted by Crippen LogP contribution is -2.26. The molecule has 0 spiro atoms. The number of fused-ring (bicyclic) bond motifs is 1. The van der Waals surface area contributed by atoms with E-state index in [-0.39, 0.29) is 11.3 Å². The Balaban J connectivity index is 2.06. The molecule has 0 saturated heterocycles. The molecule has 0 atom stereocenters. The zero-order valence-corrected chi connectivity index (χ0v) is 14.0. The Morgan fingerprint density at radius 2 is 1.83 bits per heavy atom. The van der Waals surface area contributed by atoms with Crippen molar-refractivity contribution >= 4 is 11.9 Å². The number of ketones is 1. The number of aromatic nitrogens is 1. The van der Waals surface area contributed by atoms with Crippen molar-refractivity contribution in [1.82, 2.24) is 4.57 Å². The first-order chi connectivity index (χ1) is 11.6. The molecule has 3 rings (SSSR count). The number of hydrogen-bond donors (Lipinski definition) is 0. The minimum absolute atomic E-state index is 0.0447. The van der Waals surface area contributed by atoms with Gasteiger partial charge in [-0.15, -0.1) is 0 Å². The molecule has 0 saturated carbocycles. The highest BCUT2D eigenvalue weighted by atomic mass is 16.5. The Morgan fingerprint density at radius 3 is 2.54 bits per heavy atom. The molecule has 1 aromatic heterocycles. The standard InChI is InChI=1S/C19H19NO4/c1-20-15-9-7-12(18(22)14(15)8-10-17(20)21)11-13-5-4-6-16(23-2)19(13)24-3/h4-6,8,10-11H,7,9H2,1-3H3.